The molecule has 5 nitrogen and oxygen atoms in total. The Morgan fingerprint density at radius 2 is 1.75 bits per heavy atom. The molecule has 1 unspecified atom stereocenters. The number of nitro groups is 1. The molecule has 0 heterocycles. The molecule has 0 saturated heterocycles. The van der Waals surface area contributed by atoms with Crippen molar-refractivity contribution in [2.75, 3.05) is 0 Å². The van der Waals surface area contributed by atoms with Gasteiger partial charge < -0.3 is 5.32 Å². The molecule has 0 fully saturated rings. The standard InChI is InChI=1S/C19H22N2O3/c1-4-14-9-11-15(12-10-14)18(13(2)3)20-19(22)16-7-5-6-8-17(16)21(23)24/h5-13,18H,4H2,1-3H3,(H,20,22). The van der Waals surface area contributed by atoms with Crippen molar-refractivity contribution in [3.8, 4) is 0 Å². The van der Waals surface area contributed by atoms with E-state index in [0.717, 1.165) is 12.0 Å². The largest absolute Gasteiger partial charge is 0.345 e. The first-order valence-electron chi connectivity index (χ1n) is 8.07. The minimum absolute atomic E-state index is 0.0818. The van der Waals surface area contributed by atoms with Gasteiger partial charge in [0.25, 0.3) is 11.6 Å². The molecule has 24 heavy (non-hydrogen) atoms. The molecule has 0 aliphatic rings. The summed E-state index contributed by atoms with van der Waals surface area (Å²) in [4.78, 5) is 23.1. The molecule has 0 spiro atoms. The van der Waals surface area contributed by atoms with Crippen LogP contribution >= 0.6 is 0 Å². The SMILES string of the molecule is CCc1ccc(C(NC(=O)c2ccccc2[N+](=O)[O-])C(C)C)cc1. The lowest BCUT2D eigenvalue weighted by Crippen LogP contribution is -2.32. The van der Waals surface area contributed by atoms with Gasteiger partial charge in [0.2, 0.25) is 0 Å². The molecular formula is C19H22N2O3. The molecule has 2 rings (SSSR count). The summed E-state index contributed by atoms with van der Waals surface area (Å²) in [6, 6.07) is 13.9. The topological polar surface area (TPSA) is 72.2 Å². The van der Waals surface area contributed by atoms with E-state index in [-0.39, 0.29) is 23.2 Å². The molecule has 0 bridgehead atoms. The molecule has 2 aromatic carbocycles. The number of rotatable bonds is 6. The predicted octanol–water partition coefficient (Wildman–Crippen LogP) is 4.28. The molecule has 0 saturated carbocycles. The number of nitrogens with one attached hydrogen (secondary N) is 1. The summed E-state index contributed by atoms with van der Waals surface area (Å²) in [5.74, 6) is -0.273. The van der Waals surface area contributed by atoms with Crippen molar-refractivity contribution in [2.45, 2.75) is 33.2 Å². The number of carbonyl (C=O) groups excluding carboxylic acids is 1. The lowest BCUT2D eigenvalue weighted by molar-refractivity contribution is -0.385. The Morgan fingerprint density at radius 3 is 2.29 bits per heavy atom. The number of para-hydroxylation sites is 1. The highest BCUT2D eigenvalue weighted by Crippen LogP contribution is 2.24. The fourth-order valence-electron chi connectivity index (χ4n) is 2.64. The second-order valence-corrected chi connectivity index (χ2v) is 6.06. The van der Waals surface area contributed by atoms with Crippen LogP contribution in [0.25, 0.3) is 0 Å². The van der Waals surface area contributed by atoms with Crippen molar-refractivity contribution in [1.29, 1.82) is 0 Å². The summed E-state index contributed by atoms with van der Waals surface area (Å²) in [6.45, 7) is 6.11. The van der Waals surface area contributed by atoms with Gasteiger partial charge >= 0.3 is 0 Å². The first-order chi connectivity index (χ1) is 11.4. The van der Waals surface area contributed by atoms with Gasteiger partial charge in [-0.3, -0.25) is 14.9 Å². The van der Waals surface area contributed by atoms with Crippen molar-refractivity contribution in [3.63, 3.8) is 0 Å². The van der Waals surface area contributed by atoms with Crippen molar-refractivity contribution in [2.24, 2.45) is 5.92 Å². The van der Waals surface area contributed by atoms with Gasteiger partial charge in [-0.1, -0.05) is 57.2 Å². The van der Waals surface area contributed by atoms with Crippen LogP contribution in [0.4, 0.5) is 5.69 Å². The Balaban J connectivity index is 2.27. The van der Waals surface area contributed by atoms with E-state index < -0.39 is 10.8 Å². The average molecular weight is 326 g/mol. The first-order valence-corrected chi connectivity index (χ1v) is 8.07. The average Bonchev–Trinajstić information content (AvgIpc) is 2.59. The number of nitro benzene ring substituents is 1. The molecule has 0 aliphatic heterocycles. The molecule has 0 aromatic heterocycles. The Morgan fingerprint density at radius 1 is 1.12 bits per heavy atom. The quantitative estimate of drug-likeness (QED) is 0.636. The van der Waals surface area contributed by atoms with Crippen LogP contribution in [-0.2, 0) is 6.42 Å². The zero-order valence-corrected chi connectivity index (χ0v) is 14.2. The van der Waals surface area contributed by atoms with Crippen molar-refractivity contribution in [1.82, 2.24) is 5.32 Å². The van der Waals surface area contributed by atoms with E-state index in [0.29, 0.717) is 0 Å². The Labute approximate surface area is 141 Å². The highest BCUT2D eigenvalue weighted by atomic mass is 16.6. The number of hydrogen-bond acceptors (Lipinski definition) is 3. The Kier molecular flexibility index (Phi) is 5.68. The Hall–Kier alpha value is -2.69. The van der Waals surface area contributed by atoms with Gasteiger partial charge in [-0.25, -0.2) is 0 Å². The van der Waals surface area contributed by atoms with Gasteiger partial charge in [-0.2, -0.15) is 0 Å². The maximum Gasteiger partial charge on any atom is 0.282 e. The van der Waals surface area contributed by atoms with E-state index in [9.17, 15) is 14.9 Å². The van der Waals surface area contributed by atoms with Gasteiger partial charge in [0, 0.05) is 6.07 Å². The lowest BCUT2D eigenvalue weighted by atomic mass is 9.94. The minimum Gasteiger partial charge on any atom is -0.345 e. The van der Waals surface area contributed by atoms with Crippen LogP contribution in [0.15, 0.2) is 48.5 Å². The third-order valence-electron chi connectivity index (χ3n) is 4.05. The molecule has 1 N–H and O–H groups in total. The summed E-state index contributed by atoms with van der Waals surface area (Å²) >= 11 is 0. The fourth-order valence-corrected chi connectivity index (χ4v) is 2.64. The van der Waals surface area contributed by atoms with Crippen LogP contribution in [0.5, 0.6) is 0 Å². The third-order valence-corrected chi connectivity index (χ3v) is 4.05. The zero-order chi connectivity index (χ0) is 17.7. The number of aryl methyl sites for hydroxylation is 1. The summed E-state index contributed by atoms with van der Waals surface area (Å²) in [5.41, 5.74) is 2.12. The zero-order valence-electron chi connectivity index (χ0n) is 14.2. The van der Waals surface area contributed by atoms with Gasteiger partial charge in [0.05, 0.1) is 11.0 Å². The lowest BCUT2D eigenvalue weighted by Gasteiger charge is -2.23. The number of nitrogens with zero attached hydrogens (tertiary/aromatic N) is 1. The molecule has 2 aromatic rings. The summed E-state index contributed by atoms with van der Waals surface area (Å²) in [6.07, 6.45) is 0.954. The van der Waals surface area contributed by atoms with Crippen molar-refractivity contribution in [3.05, 3.63) is 75.3 Å². The van der Waals surface area contributed by atoms with Gasteiger partial charge in [0.15, 0.2) is 0 Å². The molecule has 0 aliphatic carbocycles. The van der Waals surface area contributed by atoms with Crippen LogP contribution in [0.1, 0.15) is 48.3 Å². The number of amides is 1. The monoisotopic (exact) mass is 326 g/mol. The van der Waals surface area contributed by atoms with E-state index >= 15 is 0 Å². The van der Waals surface area contributed by atoms with Crippen LogP contribution < -0.4 is 5.32 Å². The van der Waals surface area contributed by atoms with Gasteiger partial charge in [-0.15, -0.1) is 0 Å². The molecule has 0 radical (unpaired) electrons. The van der Waals surface area contributed by atoms with E-state index in [2.05, 4.69) is 12.2 Å². The molecular weight excluding hydrogens is 304 g/mol. The molecule has 126 valence electrons. The second-order valence-electron chi connectivity index (χ2n) is 6.06. The van der Waals surface area contributed by atoms with Gasteiger partial charge in [0.1, 0.15) is 5.56 Å². The summed E-state index contributed by atoms with van der Waals surface area (Å²) in [7, 11) is 0. The highest BCUT2D eigenvalue weighted by Gasteiger charge is 2.24. The van der Waals surface area contributed by atoms with E-state index in [1.807, 2.05) is 38.1 Å². The van der Waals surface area contributed by atoms with Crippen molar-refractivity contribution >= 4 is 11.6 Å². The second kappa shape index (κ2) is 7.73. The highest BCUT2D eigenvalue weighted by molar-refractivity contribution is 5.98. The summed E-state index contributed by atoms with van der Waals surface area (Å²) in [5, 5.41) is 14.1. The maximum atomic E-state index is 12.6. The van der Waals surface area contributed by atoms with Crippen LogP contribution in [0, 0.1) is 16.0 Å². The number of hydrogen-bond donors (Lipinski definition) is 1. The third kappa shape index (κ3) is 3.98. The summed E-state index contributed by atoms with van der Waals surface area (Å²) < 4.78 is 0. The minimum atomic E-state index is -0.532. The molecule has 5 heteroatoms. The van der Waals surface area contributed by atoms with Gasteiger partial charge in [-0.05, 0) is 29.5 Å². The number of benzene rings is 2. The normalized spacial score (nSPS) is 12.0. The number of carbonyl (C=O) groups is 1. The first kappa shape index (κ1) is 17.7. The van der Waals surface area contributed by atoms with E-state index in [1.54, 1.807) is 12.1 Å². The molecule has 1 atom stereocenters. The van der Waals surface area contributed by atoms with Crippen LogP contribution in [0.2, 0.25) is 0 Å². The smallest absolute Gasteiger partial charge is 0.282 e. The fraction of sp³-hybridized carbons (Fsp3) is 0.316. The van der Waals surface area contributed by atoms with Crippen LogP contribution in [0.3, 0.4) is 0 Å². The predicted molar refractivity (Wildman–Crippen MR) is 94.0 cm³/mol. The maximum absolute atomic E-state index is 12.6. The molecule has 1 amide bonds. The van der Waals surface area contributed by atoms with E-state index in [1.165, 1.54) is 17.7 Å². The van der Waals surface area contributed by atoms with Crippen LogP contribution in [-0.4, -0.2) is 10.8 Å². The Bertz CT molecular complexity index is 724. The van der Waals surface area contributed by atoms with Crippen molar-refractivity contribution < 1.29 is 9.72 Å². The van der Waals surface area contributed by atoms with E-state index in [4.69, 9.17) is 0 Å².